The van der Waals surface area contributed by atoms with Crippen molar-refractivity contribution < 1.29 is 33.4 Å². The van der Waals surface area contributed by atoms with Crippen molar-refractivity contribution >= 4 is 29.1 Å². The number of benzene rings is 3. The van der Waals surface area contributed by atoms with Crippen LogP contribution < -0.4 is 33.8 Å². The van der Waals surface area contributed by atoms with Gasteiger partial charge in [-0.1, -0.05) is 23.5 Å². The van der Waals surface area contributed by atoms with E-state index in [-0.39, 0.29) is 30.0 Å². The molecular weight excluding hydrogens is 650 g/mol. The Hall–Kier alpha value is -5.43. The summed E-state index contributed by atoms with van der Waals surface area (Å²) in [6, 6.07) is 16.0. The highest BCUT2D eigenvalue weighted by atomic mass is 32.1. The first-order valence-corrected chi connectivity index (χ1v) is 16.7. The van der Waals surface area contributed by atoms with Crippen LogP contribution in [0.15, 0.2) is 81.7 Å². The number of thiazole rings is 1. The van der Waals surface area contributed by atoms with E-state index in [4.69, 9.17) is 23.7 Å². The monoisotopic (exact) mass is 687 g/mol. The molecule has 0 radical (unpaired) electrons. The summed E-state index contributed by atoms with van der Waals surface area (Å²) in [5, 5.41) is 11.0. The minimum atomic E-state index is -0.818. The van der Waals surface area contributed by atoms with Crippen molar-refractivity contribution in [2.75, 3.05) is 26.4 Å². The van der Waals surface area contributed by atoms with E-state index in [2.05, 4.69) is 4.99 Å². The second-order valence-corrected chi connectivity index (χ2v) is 11.7. The summed E-state index contributed by atoms with van der Waals surface area (Å²) >= 11 is 1.21. The van der Waals surface area contributed by atoms with Crippen molar-refractivity contribution in [2.24, 2.45) is 4.99 Å². The Kier molecular flexibility index (Phi) is 11.1. The van der Waals surface area contributed by atoms with E-state index in [1.807, 2.05) is 26.8 Å². The summed E-state index contributed by atoms with van der Waals surface area (Å²) in [7, 11) is 0. The predicted octanol–water partition coefficient (Wildman–Crippen LogP) is 5.48. The average molecular weight is 688 g/mol. The van der Waals surface area contributed by atoms with Gasteiger partial charge in [0.15, 0.2) is 27.8 Å². The number of nitrogens with zero attached hydrogens (tertiary/aromatic N) is 3. The number of rotatable bonds is 14. The van der Waals surface area contributed by atoms with Crippen molar-refractivity contribution in [1.82, 2.24) is 4.57 Å². The quantitative estimate of drug-likeness (QED) is 0.0957. The van der Waals surface area contributed by atoms with Gasteiger partial charge in [-0.3, -0.25) is 19.5 Å². The summed E-state index contributed by atoms with van der Waals surface area (Å²) in [4.78, 5) is 43.1. The molecule has 0 aliphatic carbocycles. The van der Waals surface area contributed by atoms with Gasteiger partial charge in [-0.15, -0.1) is 0 Å². The Morgan fingerprint density at radius 1 is 0.878 bits per heavy atom. The molecule has 0 fully saturated rings. The SMILES string of the molecule is CCOC(=O)C1=C(C)N=c2s/c(=C\c3ccc(OCc4ccc([N+](=O)[O-])cc4)c(OCC)c3)c(=O)n2[C@@H]1c1ccc(OCC)c(OCC)c1. The molecule has 13 heteroatoms. The van der Waals surface area contributed by atoms with E-state index in [1.165, 1.54) is 28.0 Å². The zero-order valence-electron chi connectivity index (χ0n) is 27.9. The smallest absolute Gasteiger partial charge is 0.338 e. The fourth-order valence-corrected chi connectivity index (χ4v) is 6.42. The van der Waals surface area contributed by atoms with Gasteiger partial charge in [0, 0.05) is 12.1 Å². The molecule has 0 saturated heterocycles. The molecule has 256 valence electrons. The maximum Gasteiger partial charge on any atom is 0.338 e. The lowest BCUT2D eigenvalue weighted by atomic mass is 9.95. The Balaban J connectivity index is 1.55. The fourth-order valence-electron chi connectivity index (χ4n) is 5.37. The normalized spacial score (nSPS) is 14.1. The fraction of sp³-hybridized carbons (Fsp3) is 0.306. The van der Waals surface area contributed by atoms with Crippen molar-refractivity contribution in [3.63, 3.8) is 0 Å². The number of esters is 1. The van der Waals surface area contributed by atoms with E-state index in [9.17, 15) is 19.7 Å². The Bertz CT molecular complexity index is 2070. The first-order valence-electron chi connectivity index (χ1n) is 15.9. The maximum absolute atomic E-state index is 14.2. The van der Waals surface area contributed by atoms with Crippen molar-refractivity contribution in [2.45, 2.75) is 47.3 Å². The summed E-state index contributed by atoms with van der Waals surface area (Å²) in [5.74, 6) is 1.46. The van der Waals surface area contributed by atoms with Gasteiger partial charge in [0.1, 0.15) is 6.61 Å². The van der Waals surface area contributed by atoms with Crippen molar-refractivity contribution in [1.29, 1.82) is 0 Å². The third-order valence-electron chi connectivity index (χ3n) is 7.51. The molecule has 2 heterocycles. The first-order chi connectivity index (χ1) is 23.7. The molecule has 1 atom stereocenters. The summed E-state index contributed by atoms with van der Waals surface area (Å²) in [5.41, 5.74) is 2.48. The second kappa shape index (κ2) is 15.6. The van der Waals surface area contributed by atoms with Crippen LogP contribution in [0, 0.1) is 10.1 Å². The number of aromatic nitrogens is 1. The number of allylic oxidation sites excluding steroid dienone is 1. The molecule has 5 rings (SSSR count). The molecule has 3 aromatic carbocycles. The molecule has 0 N–H and O–H groups in total. The lowest BCUT2D eigenvalue weighted by Crippen LogP contribution is -2.40. The molecule has 0 saturated carbocycles. The van der Waals surface area contributed by atoms with Crippen LogP contribution in [0.2, 0.25) is 0 Å². The standard InChI is InChI=1S/C36H37N3O9S/c1-6-44-27-17-13-25(20-30(27)46-8-3)33-32(35(41)47-9-4)22(5)37-36-38(33)34(40)31(49-36)19-24-12-16-28(29(18-24)45-7-2)48-21-23-10-14-26(15-11-23)39(42)43/h10-20,33H,6-9,21H2,1-5H3/b31-19-/t33-/m1/s1. The Morgan fingerprint density at radius 2 is 1.51 bits per heavy atom. The molecule has 1 aliphatic heterocycles. The number of carbonyl (C=O) groups is 1. The van der Waals surface area contributed by atoms with Crippen LogP contribution in [0.4, 0.5) is 5.69 Å². The third kappa shape index (κ3) is 7.67. The first kappa shape index (κ1) is 34.9. The van der Waals surface area contributed by atoms with E-state index in [1.54, 1.807) is 62.4 Å². The molecular formula is C36H37N3O9S. The van der Waals surface area contributed by atoms with Crippen LogP contribution in [0.1, 0.15) is 57.4 Å². The topological polar surface area (TPSA) is 141 Å². The van der Waals surface area contributed by atoms with Gasteiger partial charge in [0.2, 0.25) is 0 Å². The molecule has 0 amide bonds. The van der Waals surface area contributed by atoms with E-state index < -0.39 is 16.9 Å². The molecule has 4 aromatic rings. The zero-order chi connectivity index (χ0) is 35.1. The van der Waals surface area contributed by atoms with Gasteiger partial charge in [-0.2, -0.15) is 0 Å². The number of fused-ring (bicyclic) bond motifs is 1. The Morgan fingerprint density at radius 3 is 2.16 bits per heavy atom. The summed E-state index contributed by atoms with van der Waals surface area (Å²) in [6.45, 7) is 10.6. The van der Waals surface area contributed by atoms with Gasteiger partial charge in [0.05, 0.1) is 53.2 Å². The van der Waals surface area contributed by atoms with Crippen LogP contribution in [-0.4, -0.2) is 41.9 Å². The van der Waals surface area contributed by atoms with Crippen LogP contribution >= 0.6 is 11.3 Å². The van der Waals surface area contributed by atoms with Crippen LogP contribution in [0.5, 0.6) is 23.0 Å². The van der Waals surface area contributed by atoms with E-state index >= 15 is 0 Å². The average Bonchev–Trinajstić information content (AvgIpc) is 3.38. The van der Waals surface area contributed by atoms with Crippen LogP contribution in [0.25, 0.3) is 6.08 Å². The number of carbonyl (C=O) groups excluding carboxylic acids is 1. The highest BCUT2D eigenvalue weighted by molar-refractivity contribution is 7.07. The van der Waals surface area contributed by atoms with Crippen LogP contribution in [0.3, 0.4) is 0 Å². The highest BCUT2D eigenvalue weighted by Crippen LogP contribution is 2.36. The molecule has 0 spiro atoms. The number of nitro benzene ring substituents is 1. The molecule has 0 bridgehead atoms. The number of hydrogen-bond donors (Lipinski definition) is 0. The number of non-ortho nitro benzene ring substituents is 1. The summed E-state index contributed by atoms with van der Waals surface area (Å²) < 4.78 is 30.8. The van der Waals surface area contributed by atoms with Crippen molar-refractivity contribution in [3.8, 4) is 23.0 Å². The van der Waals surface area contributed by atoms with Gasteiger partial charge >= 0.3 is 5.97 Å². The van der Waals surface area contributed by atoms with Gasteiger partial charge in [-0.05, 0) is 93.8 Å². The van der Waals surface area contributed by atoms with Gasteiger partial charge in [0.25, 0.3) is 11.2 Å². The third-order valence-corrected chi connectivity index (χ3v) is 8.49. The lowest BCUT2D eigenvalue weighted by Gasteiger charge is -2.25. The molecule has 1 aromatic heterocycles. The molecule has 1 aliphatic rings. The molecule has 49 heavy (non-hydrogen) atoms. The maximum atomic E-state index is 14.2. The highest BCUT2D eigenvalue weighted by Gasteiger charge is 2.34. The minimum Gasteiger partial charge on any atom is -0.490 e. The zero-order valence-corrected chi connectivity index (χ0v) is 28.7. The predicted molar refractivity (Wildman–Crippen MR) is 184 cm³/mol. The van der Waals surface area contributed by atoms with E-state index in [0.717, 1.165) is 5.56 Å². The Labute approximate surface area is 286 Å². The minimum absolute atomic E-state index is 0.00160. The largest absolute Gasteiger partial charge is 0.490 e. The van der Waals surface area contributed by atoms with Gasteiger partial charge < -0.3 is 23.7 Å². The van der Waals surface area contributed by atoms with E-state index in [0.29, 0.717) is 69.0 Å². The number of nitro groups is 1. The molecule has 0 unspecified atom stereocenters. The lowest BCUT2D eigenvalue weighted by molar-refractivity contribution is -0.384. The summed E-state index contributed by atoms with van der Waals surface area (Å²) in [6.07, 6.45) is 1.75. The number of hydrogen-bond acceptors (Lipinski definition) is 11. The van der Waals surface area contributed by atoms with Crippen LogP contribution in [-0.2, 0) is 16.1 Å². The van der Waals surface area contributed by atoms with Gasteiger partial charge in [-0.25, -0.2) is 9.79 Å². The second-order valence-electron chi connectivity index (χ2n) is 10.7. The molecule has 12 nitrogen and oxygen atoms in total. The number of ether oxygens (including phenoxy) is 5. The van der Waals surface area contributed by atoms with Crippen molar-refractivity contribution in [3.05, 3.63) is 118 Å².